The largest absolute Gasteiger partial charge is 0.465 e. The molecule has 0 saturated heterocycles. The fourth-order valence-corrected chi connectivity index (χ4v) is 0.854. The molecule has 5 heteroatoms. The van der Waals surface area contributed by atoms with Crippen molar-refractivity contribution in [1.82, 2.24) is 4.57 Å². The zero-order valence-electron chi connectivity index (χ0n) is 7.31. The molecule has 1 rings (SSSR count). The van der Waals surface area contributed by atoms with Crippen molar-refractivity contribution in [3.05, 3.63) is 24.0 Å². The number of rotatable bonds is 1. The van der Waals surface area contributed by atoms with E-state index in [0.29, 0.717) is 5.56 Å². The van der Waals surface area contributed by atoms with E-state index in [1.54, 1.807) is 0 Å². The Morgan fingerprint density at radius 2 is 2.00 bits per heavy atom. The zero-order chi connectivity index (χ0) is 9.84. The molecule has 5 nitrogen and oxygen atoms in total. The van der Waals surface area contributed by atoms with Crippen molar-refractivity contribution < 1.29 is 19.1 Å². The van der Waals surface area contributed by atoms with Crippen molar-refractivity contribution in [2.24, 2.45) is 0 Å². The number of methoxy groups -OCH3 is 2. The van der Waals surface area contributed by atoms with Gasteiger partial charge in [0.05, 0.1) is 19.8 Å². The van der Waals surface area contributed by atoms with E-state index in [2.05, 4.69) is 9.47 Å². The molecule has 0 saturated carbocycles. The minimum absolute atomic E-state index is 0.313. The topological polar surface area (TPSA) is 57.5 Å². The van der Waals surface area contributed by atoms with Gasteiger partial charge in [0.2, 0.25) is 0 Å². The van der Waals surface area contributed by atoms with Crippen molar-refractivity contribution >= 4 is 12.1 Å². The van der Waals surface area contributed by atoms with E-state index in [1.807, 2.05) is 0 Å². The molecule has 70 valence electrons. The quantitative estimate of drug-likeness (QED) is 0.606. The Hall–Kier alpha value is -1.78. The highest BCUT2D eigenvalue weighted by Gasteiger charge is 2.10. The van der Waals surface area contributed by atoms with Gasteiger partial charge in [-0.15, -0.1) is 0 Å². The van der Waals surface area contributed by atoms with Crippen LogP contribution in [0.25, 0.3) is 0 Å². The first-order valence-electron chi connectivity index (χ1n) is 3.53. The summed E-state index contributed by atoms with van der Waals surface area (Å²) in [5.74, 6) is -0.484. The molecule has 0 aliphatic heterocycles. The molecule has 0 fully saturated rings. The molecule has 1 aromatic rings. The minimum atomic E-state index is -0.546. The van der Waals surface area contributed by atoms with Gasteiger partial charge in [-0.2, -0.15) is 0 Å². The first-order chi connectivity index (χ1) is 6.19. The number of nitrogens with zero attached hydrogens (tertiary/aromatic N) is 1. The van der Waals surface area contributed by atoms with Crippen molar-refractivity contribution in [2.75, 3.05) is 14.2 Å². The van der Waals surface area contributed by atoms with E-state index in [4.69, 9.17) is 0 Å². The number of hydrogen-bond acceptors (Lipinski definition) is 4. The molecule has 13 heavy (non-hydrogen) atoms. The summed E-state index contributed by atoms with van der Waals surface area (Å²) >= 11 is 0. The Balaban J connectivity index is 2.86. The summed E-state index contributed by atoms with van der Waals surface area (Å²) in [4.78, 5) is 21.9. The van der Waals surface area contributed by atoms with Gasteiger partial charge in [0.15, 0.2) is 0 Å². The zero-order valence-corrected chi connectivity index (χ0v) is 7.31. The first kappa shape index (κ1) is 9.31. The van der Waals surface area contributed by atoms with Crippen LogP contribution >= 0.6 is 0 Å². The van der Waals surface area contributed by atoms with E-state index in [9.17, 15) is 9.59 Å². The minimum Gasteiger partial charge on any atom is -0.465 e. The second-order valence-electron chi connectivity index (χ2n) is 2.27. The number of ether oxygens (including phenoxy) is 2. The summed E-state index contributed by atoms with van der Waals surface area (Å²) in [5, 5.41) is 0. The van der Waals surface area contributed by atoms with Crippen LogP contribution in [0.3, 0.4) is 0 Å². The van der Waals surface area contributed by atoms with Gasteiger partial charge in [0, 0.05) is 12.4 Å². The smallest absolute Gasteiger partial charge is 0.417 e. The average Bonchev–Trinajstić information content (AvgIpc) is 2.64. The molecule has 0 aliphatic carbocycles. The van der Waals surface area contributed by atoms with Crippen LogP contribution < -0.4 is 0 Å². The number of aromatic nitrogens is 1. The monoisotopic (exact) mass is 183 g/mol. The van der Waals surface area contributed by atoms with Gasteiger partial charge >= 0.3 is 12.1 Å². The van der Waals surface area contributed by atoms with Gasteiger partial charge in [-0.05, 0) is 6.07 Å². The Bertz CT molecular complexity index is 298. The summed E-state index contributed by atoms with van der Waals surface area (Å²) in [5.41, 5.74) is 0.313. The van der Waals surface area contributed by atoms with E-state index < -0.39 is 12.1 Å². The normalized spacial score (nSPS) is 9.38. The van der Waals surface area contributed by atoms with Crippen LogP contribution in [0.1, 0.15) is 10.4 Å². The van der Waals surface area contributed by atoms with Crippen LogP contribution in [-0.2, 0) is 9.47 Å². The van der Waals surface area contributed by atoms with Crippen LogP contribution in [0.2, 0.25) is 0 Å². The Kier molecular flexibility index (Phi) is 2.69. The van der Waals surface area contributed by atoms with Gasteiger partial charge < -0.3 is 9.47 Å². The molecular formula is C8H9NO4. The van der Waals surface area contributed by atoms with E-state index >= 15 is 0 Å². The summed E-state index contributed by atoms with van der Waals surface area (Å²) in [7, 11) is 2.54. The van der Waals surface area contributed by atoms with Gasteiger partial charge in [0.25, 0.3) is 0 Å². The lowest BCUT2D eigenvalue weighted by atomic mass is 10.3. The molecule has 0 aromatic carbocycles. The fraction of sp³-hybridized carbons (Fsp3) is 0.250. The lowest BCUT2D eigenvalue weighted by molar-refractivity contribution is 0.0601. The Labute approximate surface area is 74.9 Å². The van der Waals surface area contributed by atoms with Gasteiger partial charge in [-0.3, -0.25) is 4.57 Å². The second kappa shape index (κ2) is 3.75. The van der Waals surface area contributed by atoms with Gasteiger partial charge in [-0.25, -0.2) is 9.59 Å². The molecule has 0 radical (unpaired) electrons. The van der Waals surface area contributed by atoms with Crippen molar-refractivity contribution in [3.8, 4) is 0 Å². The maximum atomic E-state index is 11.0. The molecule has 0 amide bonds. The molecule has 0 unspecified atom stereocenters. The van der Waals surface area contributed by atoms with Crippen LogP contribution in [-0.4, -0.2) is 30.8 Å². The number of carbonyl (C=O) groups is 2. The standard InChI is InChI=1S/C8H9NO4/c1-12-7(10)6-3-4-9(5-6)8(11)13-2/h3-5H,1-2H3. The third-order valence-corrected chi connectivity index (χ3v) is 1.50. The molecule has 1 heterocycles. The number of carbonyl (C=O) groups excluding carboxylic acids is 2. The second-order valence-corrected chi connectivity index (χ2v) is 2.27. The maximum Gasteiger partial charge on any atom is 0.417 e. The average molecular weight is 183 g/mol. The highest BCUT2D eigenvalue weighted by Crippen LogP contribution is 2.03. The molecule has 1 aromatic heterocycles. The van der Waals surface area contributed by atoms with E-state index in [1.165, 1.54) is 32.7 Å². The third-order valence-electron chi connectivity index (χ3n) is 1.50. The Morgan fingerprint density at radius 1 is 1.31 bits per heavy atom. The fourth-order valence-electron chi connectivity index (χ4n) is 0.854. The molecule has 0 bridgehead atoms. The van der Waals surface area contributed by atoms with E-state index in [0.717, 1.165) is 4.57 Å². The highest BCUT2D eigenvalue weighted by molar-refractivity contribution is 5.90. The van der Waals surface area contributed by atoms with Crippen molar-refractivity contribution in [2.45, 2.75) is 0 Å². The highest BCUT2D eigenvalue weighted by atomic mass is 16.5. The lowest BCUT2D eigenvalue weighted by Crippen LogP contribution is -2.09. The van der Waals surface area contributed by atoms with E-state index in [-0.39, 0.29) is 0 Å². The van der Waals surface area contributed by atoms with Crippen LogP contribution in [0.5, 0.6) is 0 Å². The van der Waals surface area contributed by atoms with Gasteiger partial charge in [0.1, 0.15) is 0 Å². The lowest BCUT2D eigenvalue weighted by Gasteiger charge is -1.97. The predicted octanol–water partition coefficient (Wildman–Crippen LogP) is 0.889. The Morgan fingerprint density at radius 3 is 2.54 bits per heavy atom. The van der Waals surface area contributed by atoms with Gasteiger partial charge in [-0.1, -0.05) is 0 Å². The molecular weight excluding hydrogens is 174 g/mol. The summed E-state index contributed by atoms with van der Waals surface area (Å²) < 4.78 is 10.1. The van der Waals surface area contributed by atoms with Crippen molar-refractivity contribution in [1.29, 1.82) is 0 Å². The predicted molar refractivity (Wildman–Crippen MR) is 43.6 cm³/mol. The molecule has 0 atom stereocenters. The van der Waals surface area contributed by atoms with Crippen LogP contribution in [0.4, 0.5) is 4.79 Å². The summed E-state index contributed by atoms with van der Waals surface area (Å²) in [6.07, 6.45) is 2.23. The summed E-state index contributed by atoms with van der Waals surface area (Å²) in [6.45, 7) is 0. The van der Waals surface area contributed by atoms with Crippen molar-refractivity contribution in [3.63, 3.8) is 0 Å². The summed E-state index contributed by atoms with van der Waals surface area (Å²) in [6, 6.07) is 1.47. The number of esters is 1. The molecule has 0 N–H and O–H groups in total. The third kappa shape index (κ3) is 1.87. The number of hydrogen-bond donors (Lipinski definition) is 0. The maximum absolute atomic E-state index is 11.0. The first-order valence-corrected chi connectivity index (χ1v) is 3.53. The molecule has 0 aliphatic rings. The van der Waals surface area contributed by atoms with Crippen LogP contribution in [0, 0.1) is 0 Å². The molecule has 0 spiro atoms. The SMILES string of the molecule is COC(=O)c1ccn(C(=O)OC)c1. The van der Waals surface area contributed by atoms with Crippen LogP contribution in [0.15, 0.2) is 18.5 Å².